The number of carbonyl (C=O) groups excluding carboxylic acids is 5. The molecule has 2 rings (SSSR count). The summed E-state index contributed by atoms with van der Waals surface area (Å²) in [5.74, 6) is -2.42. The largest absolute Gasteiger partial charge is 0.508 e. The fourth-order valence-corrected chi connectivity index (χ4v) is 14.3. The van der Waals surface area contributed by atoms with Crippen LogP contribution in [0.2, 0.25) is 0 Å². The summed E-state index contributed by atoms with van der Waals surface area (Å²) in [4.78, 5) is 68.5. The minimum absolute atomic E-state index is 0.00939. The number of hydrogen-bond acceptors (Lipinski definition) is 19. The van der Waals surface area contributed by atoms with Gasteiger partial charge in [-0.05, 0) is 57.8 Å². The van der Waals surface area contributed by atoms with Crippen molar-refractivity contribution in [3.05, 3.63) is 62.8 Å². The van der Waals surface area contributed by atoms with Gasteiger partial charge in [0.25, 0.3) is 0 Å². The third kappa shape index (κ3) is 46.3. The number of allylic oxidation sites excluding steroid dienone is 2. The van der Waals surface area contributed by atoms with Crippen LogP contribution in [0.1, 0.15) is 304 Å². The van der Waals surface area contributed by atoms with Gasteiger partial charge in [-0.1, -0.05) is 276 Å². The van der Waals surface area contributed by atoms with Crippen molar-refractivity contribution in [2.75, 3.05) is 59.5 Å². The molecule has 104 heavy (non-hydrogen) atoms. The van der Waals surface area contributed by atoms with Gasteiger partial charge in [-0.2, -0.15) is 0 Å². The fourth-order valence-electron chi connectivity index (χ4n) is 13.0. The molecule has 0 unspecified atom stereocenters. The number of unbranched alkanes of at least 4 members (excludes halogenated alkanes) is 33. The van der Waals surface area contributed by atoms with E-state index in [0.717, 1.165) is 116 Å². The molecule has 2 amide bonds. The van der Waals surface area contributed by atoms with Gasteiger partial charge in [-0.15, -0.1) is 13.2 Å². The van der Waals surface area contributed by atoms with Gasteiger partial charge in [-0.3, -0.25) is 28.0 Å². The van der Waals surface area contributed by atoms with E-state index in [-0.39, 0.29) is 57.9 Å². The number of phosphoric ester groups is 1. The summed E-state index contributed by atoms with van der Waals surface area (Å²) in [5, 5.41) is 18.4. The lowest BCUT2D eigenvalue weighted by Gasteiger charge is -2.47. The second kappa shape index (κ2) is 64.8. The van der Waals surface area contributed by atoms with Crippen LogP contribution in [0, 0.1) is 0 Å². The first kappa shape index (κ1) is 96.0. The number of phosphoric acid groups is 1. The van der Waals surface area contributed by atoms with Gasteiger partial charge < -0.3 is 58.4 Å². The molecule has 2 saturated heterocycles. The van der Waals surface area contributed by atoms with E-state index in [1.165, 1.54) is 153 Å². The third-order valence-electron chi connectivity index (χ3n) is 18.8. The number of hydrogen-bond donors (Lipinski definition) is 3. The highest BCUT2D eigenvalue weighted by atomic mass is 31.2. The average molecular weight is 1490 g/mol. The van der Waals surface area contributed by atoms with Crippen molar-refractivity contribution in [2.45, 2.75) is 371 Å². The minimum atomic E-state index is -4.64. The van der Waals surface area contributed by atoms with E-state index < -0.39 is 112 Å². The Morgan fingerprint density at radius 2 is 0.962 bits per heavy atom. The van der Waals surface area contributed by atoms with E-state index in [1.807, 2.05) is 0 Å². The zero-order chi connectivity index (χ0) is 75.9. The van der Waals surface area contributed by atoms with Gasteiger partial charge in [0.2, 0.25) is 11.8 Å². The molecule has 11 atom stereocenters. The Balaban J connectivity index is 2.68. The van der Waals surface area contributed by atoms with Gasteiger partial charge in [0.05, 0.1) is 38.4 Å². The zero-order valence-electron chi connectivity index (χ0n) is 65.4. The monoisotopic (exact) mass is 1490 g/mol. The normalized spacial score (nSPS) is 20.8. The van der Waals surface area contributed by atoms with Crippen LogP contribution in [0.4, 0.5) is 4.79 Å². The third-order valence-corrected chi connectivity index (χ3v) is 20.2. The number of ketones is 1. The number of carbonyl (C=O) groups is 5. The second-order valence-electron chi connectivity index (χ2n) is 28.1. The molecule has 0 spiro atoms. The number of aliphatic hydroxyl groups excluding tert-OH is 1. The molecule has 0 aromatic rings. The van der Waals surface area contributed by atoms with E-state index >= 15 is 0 Å². The Morgan fingerprint density at radius 3 is 1.50 bits per heavy atom. The summed E-state index contributed by atoms with van der Waals surface area (Å²) < 4.78 is 89.0. The summed E-state index contributed by atoms with van der Waals surface area (Å²) in [6, 6.07) is -2.68. The first-order valence-corrected chi connectivity index (χ1v) is 42.3. The molecule has 0 saturated carbocycles. The molecule has 3 N–H and O–H groups in total. The summed E-state index contributed by atoms with van der Waals surface area (Å²) in [6.45, 7) is 23.4. The van der Waals surface area contributed by atoms with Crippen molar-refractivity contribution >= 4 is 37.5 Å². The van der Waals surface area contributed by atoms with Crippen LogP contribution in [-0.4, -0.2) is 161 Å². The molecule has 0 aromatic heterocycles. The van der Waals surface area contributed by atoms with Crippen molar-refractivity contribution in [3.63, 3.8) is 0 Å². The summed E-state index contributed by atoms with van der Waals surface area (Å²) in [6.07, 6.45) is 39.7. The van der Waals surface area contributed by atoms with Crippen LogP contribution in [0.3, 0.4) is 0 Å². The van der Waals surface area contributed by atoms with Gasteiger partial charge in [0, 0.05) is 33.2 Å². The number of rotatable bonds is 71. The molecule has 2 heterocycles. The lowest BCUT2D eigenvalue weighted by atomic mass is 9.91. The van der Waals surface area contributed by atoms with Gasteiger partial charge in [0.15, 0.2) is 12.4 Å². The lowest BCUT2D eigenvalue weighted by Crippen LogP contribution is -2.68. The highest BCUT2D eigenvalue weighted by Crippen LogP contribution is 2.52. The Kier molecular flexibility index (Phi) is 59.8. The molecule has 22 heteroatoms. The summed E-state index contributed by atoms with van der Waals surface area (Å²) in [5.41, 5.74) is 0. The molecule has 2 fully saturated rings. The minimum Gasteiger partial charge on any atom is -0.459 e. The fraction of sp³-hybridized carbons (Fsp3) is 0.817. The maximum atomic E-state index is 14.8. The number of Topliss-reactive ketones (excluding diaryl/α,β-unsaturated/α-hetero) is 1. The standard InChI is InChI=1S/C82H145N2O19P/c1-10-18-22-26-30-34-36-37-41-44-48-52-61-92-69(55-51-47-43-39-33-29-25-21-13-4)56-63-94-78-74(83-67(9)85)81(102-71(66-98-82(90)96-58-15-6)76(78)103-104(91,99-59-16-7)100-60-17-8)97-65-70-75(88)77(93-62-53-49-45-40-35-31-27-23-19-11-2)73(79(101-70)80(89)95-57-14-5)84-72(87)64-68(86)54-50-46-42-38-32-28-24-20-12-3/h14-17,34,36,69-71,73-79,81,88H,5-8,10-13,18-33,35,37-66H2,1-4,9H3,(H,83,85)(H,84,87)/b36-34-/t69-,70-,71-,73-,74-,75-,76-,77-,78-,79+,81-/m1/s1. The molecular formula is C82H145N2O19P. The molecule has 0 aliphatic carbocycles. The number of nitrogens with one attached hydrogen (secondary N) is 2. The van der Waals surface area contributed by atoms with E-state index in [1.54, 1.807) is 0 Å². The quantitative estimate of drug-likeness (QED) is 0.0168. The van der Waals surface area contributed by atoms with Crippen molar-refractivity contribution in [1.82, 2.24) is 10.6 Å². The zero-order valence-corrected chi connectivity index (χ0v) is 66.3. The van der Waals surface area contributed by atoms with Crippen LogP contribution in [0.15, 0.2) is 62.8 Å². The van der Waals surface area contributed by atoms with Crippen LogP contribution in [-0.2, 0) is 79.9 Å². The van der Waals surface area contributed by atoms with Crippen LogP contribution in [0.25, 0.3) is 0 Å². The first-order valence-electron chi connectivity index (χ1n) is 40.8. The Bertz CT molecular complexity index is 2290. The SMILES string of the molecule is C=CCOC(=O)OC[C@H]1O[C@@H](OC[C@H]2O[C@H](C(=O)OCC=C)[C@H](NC(=O)CC(=O)CCCCCCCCCCC)[C@@H](OCCCCCCCCCCCC)[C@@H]2O)[C@H](NC(C)=O)[C@@H](OCC[C@@H](CCCCCCCCCCC)OCCCCCC/C=C\CCCCCC)[C@@H]1OP(=O)(OCC=C)OCC=C. The van der Waals surface area contributed by atoms with Crippen molar-refractivity contribution in [1.29, 1.82) is 0 Å². The summed E-state index contributed by atoms with van der Waals surface area (Å²) >= 11 is 0. The van der Waals surface area contributed by atoms with Crippen LogP contribution >= 0.6 is 7.82 Å². The van der Waals surface area contributed by atoms with Crippen LogP contribution in [0.5, 0.6) is 0 Å². The number of amides is 2. The van der Waals surface area contributed by atoms with Crippen molar-refractivity contribution in [2.24, 2.45) is 0 Å². The maximum absolute atomic E-state index is 14.8. The van der Waals surface area contributed by atoms with Crippen LogP contribution < -0.4 is 10.6 Å². The van der Waals surface area contributed by atoms with E-state index in [2.05, 4.69) is 76.8 Å². The smallest absolute Gasteiger partial charge is 0.459 e. The second-order valence-corrected chi connectivity index (χ2v) is 29.7. The van der Waals surface area contributed by atoms with Crippen molar-refractivity contribution in [3.8, 4) is 0 Å². The maximum Gasteiger partial charge on any atom is 0.508 e. The van der Waals surface area contributed by atoms with E-state index in [9.17, 15) is 33.6 Å². The van der Waals surface area contributed by atoms with E-state index in [4.69, 9.17) is 56.2 Å². The molecule has 2 aliphatic rings. The van der Waals surface area contributed by atoms with Gasteiger partial charge >= 0.3 is 19.9 Å². The number of esters is 1. The molecule has 21 nitrogen and oxygen atoms in total. The Morgan fingerprint density at radius 1 is 0.481 bits per heavy atom. The molecule has 0 aromatic carbocycles. The highest BCUT2D eigenvalue weighted by molar-refractivity contribution is 7.48. The lowest BCUT2D eigenvalue weighted by molar-refractivity contribution is -0.290. The predicted octanol–water partition coefficient (Wildman–Crippen LogP) is 18.6. The van der Waals surface area contributed by atoms with Gasteiger partial charge in [-0.25, -0.2) is 14.2 Å². The molecule has 0 radical (unpaired) electrons. The van der Waals surface area contributed by atoms with Crippen molar-refractivity contribution < 1.29 is 89.8 Å². The molecular weight excluding hydrogens is 1350 g/mol. The molecule has 0 bridgehead atoms. The van der Waals surface area contributed by atoms with E-state index in [0.29, 0.717) is 25.9 Å². The summed E-state index contributed by atoms with van der Waals surface area (Å²) in [7, 11) is -4.64. The Labute approximate surface area is 628 Å². The molecule has 602 valence electrons. The first-order chi connectivity index (χ1) is 50.6. The average Bonchev–Trinajstić information content (AvgIpc) is 0.785. The highest BCUT2D eigenvalue weighted by Gasteiger charge is 2.54. The van der Waals surface area contributed by atoms with Gasteiger partial charge in [0.1, 0.15) is 68.3 Å². The topological polar surface area (TPSA) is 257 Å². The molecule has 2 aliphatic heterocycles. The Hall–Kier alpha value is -4.12. The predicted molar refractivity (Wildman–Crippen MR) is 412 cm³/mol. The number of ether oxygens (including phenoxy) is 9. The number of aliphatic hydroxyl groups is 1.